The summed E-state index contributed by atoms with van der Waals surface area (Å²) in [6.45, 7) is 4.24. The van der Waals surface area contributed by atoms with Gasteiger partial charge >= 0.3 is 13.8 Å². The molecule has 0 radical (unpaired) electrons. The first-order valence-electron chi connectivity index (χ1n) is 20.9. The number of carbonyl (C=O) groups excluding carboxylic acids is 1. The number of carbonyl (C=O) groups is 1. The Labute approximate surface area is 308 Å². The van der Waals surface area contributed by atoms with Crippen LogP contribution in [0.5, 0.6) is 0 Å². The molecule has 0 amide bonds. The first-order chi connectivity index (χ1) is 24.4. The summed E-state index contributed by atoms with van der Waals surface area (Å²) in [4.78, 5) is 22.4. The van der Waals surface area contributed by atoms with Crippen LogP contribution in [0.2, 0.25) is 0 Å². The van der Waals surface area contributed by atoms with Gasteiger partial charge in [0.1, 0.15) is 6.61 Å². The minimum atomic E-state index is -4.29. The van der Waals surface area contributed by atoms with Crippen molar-refractivity contribution < 1.29 is 32.8 Å². The summed E-state index contributed by atoms with van der Waals surface area (Å²) >= 11 is 0. The van der Waals surface area contributed by atoms with Crippen molar-refractivity contribution in [1.82, 2.24) is 0 Å². The van der Waals surface area contributed by atoms with Gasteiger partial charge in [-0.3, -0.25) is 13.8 Å². The maximum atomic E-state index is 12.5. The summed E-state index contributed by atoms with van der Waals surface area (Å²) < 4.78 is 33.1. The zero-order chi connectivity index (χ0) is 36.6. The second-order valence-electron chi connectivity index (χ2n) is 13.9. The monoisotopic (exact) mass is 730 g/mol. The second-order valence-corrected chi connectivity index (χ2v) is 15.4. The van der Waals surface area contributed by atoms with Crippen LogP contribution in [0.15, 0.2) is 24.5 Å². The number of allylic oxidation sites excluding steroid dienone is 3. The number of ether oxygens (including phenoxy) is 2. The number of unbranched alkanes of at least 4 members (excludes halogenated alkanes) is 25. The highest BCUT2D eigenvalue weighted by Crippen LogP contribution is 2.43. The Hall–Kier alpha value is -1.18. The molecule has 0 aromatic rings. The largest absolute Gasteiger partial charge is 0.498 e. The van der Waals surface area contributed by atoms with Crippen molar-refractivity contribution in [3.63, 3.8) is 0 Å². The summed E-state index contributed by atoms with van der Waals surface area (Å²) in [5.41, 5.74) is 5.36. The van der Waals surface area contributed by atoms with Crippen molar-refractivity contribution >= 4 is 13.8 Å². The Balaban J connectivity index is 4.10. The predicted molar refractivity (Wildman–Crippen MR) is 210 cm³/mol. The summed E-state index contributed by atoms with van der Waals surface area (Å²) in [6.07, 6.45) is 42.8. The molecule has 2 unspecified atom stereocenters. The van der Waals surface area contributed by atoms with Crippen molar-refractivity contribution in [3.05, 3.63) is 24.5 Å². The van der Waals surface area contributed by atoms with Crippen LogP contribution in [-0.4, -0.2) is 43.3 Å². The number of phosphoric ester groups is 1. The van der Waals surface area contributed by atoms with Gasteiger partial charge in [0.05, 0.1) is 19.5 Å². The molecule has 8 nitrogen and oxygen atoms in total. The molecule has 0 aliphatic carbocycles. The number of nitrogens with two attached hydrogens (primary N) is 1. The van der Waals surface area contributed by atoms with Gasteiger partial charge in [0, 0.05) is 13.0 Å². The molecule has 0 fully saturated rings. The van der Waals surface area contributed by atoms with Gasteiger partial charge in [-0.05, 0) is 51.0 Å². The zero-order valence-corrected chi connectivity index (χ0v) is 33.5. The maximum absolute atomic E-state index is 12.5. The number of rotatable bonds is 40. The maximum Gasteiger partial charge on any atom is 0.472 e. The lowest BCUT2D eigenvalue weighted by Crippen LogP contribution is -2.27. The van der Waals surface area contributed by atoms with Crippen molar-refractivity contribution in [2.75, 3.05) is 26.4 Å². The van der Waals surface area contributed by atoms with Gasteiger partial charge in [-0.15, -0.1) is 0 Å². The van der Waals surface area contributed by atoms with Crippen LogP contribution in [0.3, 0.4) is 0 Å². The third-order valence-electron chi connectivity index (χ3n) is 8.94. The van der Waals surface area contributed by atoms with Gasteiger partial charge in [0.2, 0.25) is 0 Å². The molecule has 296 valence electrons. The summed E-state index contributed by atoms with van der Waals surface area (Å²) in [5.74, 6) is -0.359. The molecule has 0 aromatic heterocycles. The fraction of sp³-hybridized carbons (Fsp3) is 0.878. The molecule has 0 aliphatic heterocycles. The van der Waals surface area contributed by atoms with E-state index < -0.39 is 13.9 Å². The Bertz CT molecular complexity index is 823. The quantitative estimate of drug-likeness (QED) is 0.0210. The van der Waals surface area contributed by atoms with Crippen LogP contribution in [0.25, 0.3) is 0 Å². The molecule has 2 atom stereocenters. The lowest BCUT2D eigenvalue weighted by atomic mass is 10.0. The van der Waals surface area contributed by atoms with Gasteiger partial charge in [-0.25, -0.2) is 4.57 Å². The third kappa shape index (κ3) is 38.1. The van der Waals surface area contributed by atoms with E-state index in [1.165, 1.54) is 135 Å². The number of esters is 1. The number of hydrogen-bond donors (Lipinski definition) is 2. The van der Waals surface area contributed by atoms with E-state index in [4.69, 9.17) is 24.3 Å². The lowest BCUT2D eigenvalue weighted by molar-refractivity contribution is -0.153. The molecular formula is C41H80NO7P. The first-order valence-corrected chi connectivity index (χ1v) is 22.4. The van der Waals surface area contributed by atoms with Crippen molar-refractivity contribution in [2.45, 2.75) is 206 Å². The van der Waals surface area contributed by atoms with Gasteiger partial charge < -0.3 is 20.1 Å². The van der Waals surface area contributed by atoms with Crippen LogP contribution >= 0.6 is 7.82 Å². The second kappa shape index (κ2) is 39.0. The highest BCUT2D eigenvalue weighted by atomic mass is 31.2. The average Bonchev–Trinajstić information content (AvgIpc) is 3.10. The topological polar surface area (TPSA) is 117 Å². The molecule has 50 heavy (non-hydrogen) atoms. The van der Waals surface area contributed by atoms with E-state index in [-0.39, 0.29) is 32.3 Å². The Morgan fingerprint density at radius 2 is 1.02 bits per heavy atom. The first kappa shape index (κ1) is 48.8. The van der Waals surface area contributed by atoms with Crippen LogP contribution in [0.4, 0.5) is 0 Å². The van der Waals surface area contributed by atoms with E-state index in [2.05, 4.69) is 26.0 Å². The van der Waals surface area contributed by atoms with E-state index in [1.54, 1.807) is 6.26 Å². The lowest BCUT2D eigenvalue weighted by Gasteiger charge is -2.19. The molecule has 0 saturated carbocycles. The Kier molecular flexibility index (Phi) is 38.1. The number of phosphoric acid groups is 1. The smallest absolute Gasteiger partial charge is 0.472 e. The average molecular weight is 730 g/mol. The van der Waals surface area contributed by atoms with E-state index in [0.717, 1.165) is 44.9 Å². The highest BCUT2D eigenvalue weighted by Gasteiger charge is 2.25. The predicted octanol–water partition coefficient (Wildman–Crippen LogP) is 12.4. The molecular weight excluding hydrogens is 649 g/mol. The van der Waals surface area contributed by atoms with Crippen molar-refractivity contribution in [1.29, 1.82) is 0 Å². The molecule has 0 bridgehead atoms. The number of hydrogen-bond acceptors (Lipinski definition) is 7. The summed E-state index contributed by atoms with van der Waals surface area (Å²) in [6, 6.07) is 0. The molecule has 9 heteroatoms. The van der Waals surface area contributed by atoms with Crippen LogP contribution in [0.1, 0.15) is 200 Å². The molecule has 0 aliphatic rings. The summed E-state index contributed by atoms with van der Waals surface area (Å²) in [7, 11) is -4.29. The highest BCUT2D eigenvalue weighted by molar-refractivity contribution is 7.47. The molecule has 0 saturated heterocycles. The standard InChI is InChI=1S/C41H80NO7P/c1-3-5-7-9-11-13-15-17-19-21-23-25-27-29-31-33-36-46-38-40(39-48-50(44,45)47-37-35-42)49-41(43)34-32-30-28-26-24-22-20-18-16-14-12-10-8-6-4-2/h18,20,33,36,40H,3-17,19,21-32,34-35,37-39,42H2,1-2H3,(H,44,45). The zero-order valence-electron chi connectivity index (χ0n) is 32.6. The molecule has 0 heterocycles. The van der Waals surface area contributed by atoms with Gasteiger partial charge in [0.25, 0.3) is 0 Å². The van der Waals surface area contributed by atoms with Gasteiger partial charge in [-0.2, -0.15) is 0 Å². The summed E-state index contributed by atoms with van der Waals surface area (Å²) in [5, 5.41) is 0. The molecule has 0 spiro atoms. The minimum Gasteiger partial charge on any atom is -0.498 e. The molecule has 0 rings (SSSR count). The van der Waals surface area contributed by atoms with E-state index in [1.807, 2.05) is 6.08 Å². The fourth-order valence-electron chi connectivity index (χ4n) is 5.84. The minimum absolute atomic E-state index is 0.0320. The van der Waals surface area contributed by atoms with Crippen LogP contribution in [0, 0.1) is 0 Å². The normalized spacial score (nSPS) is 13.7. The molecule has 0 aromatic carbocycles. The van der Waals surface area contributed by atoms with Crippen LogP contribution in [-0.2, 0) is 27.9 Å². The molecule has 3 N–H and O–H groups in total. The fourth-order valence-corrected chi connectivity index (χ4v) is 6.60. The van der Waals surface area contributed by atoms with Crippen molar-refractivity contribution in [3.8, 4) is 0 Å². The van der Waals surface area contributed by atoms with E-state index >= 15 is 0 Å². The van der Waals surface area contributed by atoms with E-state index in [0.29, 0.717) is 6.42 Å². The SMILES string of the molecule is CCCCCCCCC=CCCCCCCCC(=O)OC(COC=CCCCCCCCCCCCCCCCC)COP(=O)(O)OCCN. The van der Waals surface area contributed by atoms with Crippen LogP contribution < -0.4 is 5.73 Å². The van der Waals surface area contributed by atoms with Gasteiger partial charge in [-0.1, -0.05) is 161 Å². The Morgan fingerprint density at radius 3 is 1.48 bits per heavy atom. The Morgan fingerprint density at radius 1 is 0.600 bits per heavy atom. The van der Waals surface area contributed by atoms with Gasteiger partial charge in [0.15, 0.2) is 6.10 Å². The third-order valence-corrected chi connectivity index (χ3v) is 9.92. The van der Waals surface area contributed by atoms with Crippen molar-refractivity contribution in [2.24, 2.45) is 5.73 Å². The van der Waals surface area contributed by atoms with E-state index in [9.17, 15) is 14.3 Å².